The van der Waals surface area contributed by atoms with E-state index in [-0.39, 0.29) is 0 Å². The number of aromatic hydroxyl groups is 1. The van der Waals surface area contributed by atoms with Crippen LogP contribution in [0, 0.1) is 0 Å². The highest BCUT2D eigenvalue weighted by atomic mass is 16.3. The van der Waals surface area contributed by atoms with Gasteiger partial charge in [0.2, 0.25) is 0 Å². The van der Waals surface area contributed by atoms with Crippen molar-refractivity contribution in [1.82, 2.24) is 0 Å². The molecule has 0 aliphatic heterocycles. The number of hydrogen-bond acceptors (Lipinski definition) is 2. The van der Waals surface area contributed by atoms with E-state index < -0.39 is 0 Å². The Morgan fingerprint density at radius 2 is 1.86 bits per heavy atom. The Hall–Kier alpha value is -1.18. The first-order valence-corrected chi connectivity index (χ1v) is 5.36. The van der Waals surface area contributed by atoms with Crippen molar-refractivity contribution in [2.45, 2.75) is 38.0 Å². The first-order valence-electron chi connectivity index (χ1n) is 5.36. The fourth-order valence-electron chi connectivity index (χ4n) is 2.33. The summed E-state index contributed by atoms with van der Waals surface area (Å²) < 4.78 is 0. The zero-order valence-corrected chi connectivity index (χ0v) is 8.37. The van der Waals surface area contributed by atoms with Gasteiger partial charge in [-0.3, -0.25) is 0 Å². The van der Waals surface area contributed by atoms with Crippen molar-refractivity contribution in [3.05, 3.63) is 23.8 Å². The lowest BCUT2D eigenvalue weighted by Gasteiger charge is -2.23. The van der Waals surface area contributed by atoms with Crippen LogP contribution in [0.2, 0.25) is 0 Å². The van der Waals surface area contributed by atoms with Crippen molar-refractivity contribution >= 4 is 5.69 Å². The normalized spacial score (nSPS) is 18.3. The van der Waals surface area contributed by atoms with Crippen molar-refractivity contribution in [2.75, 3.05) is 5.73 Å². The Bertz CT molecular complexity index is 316. The minimum Gasteiger partial charge on any atom is -0.508 e. The molecule has 76 valence electrons. The lowest BCUT2D eigenvalue weighted by Crippen LogP contribution is -2.06. The van der Waals surface area contributed by atoms with Crippen LogP contribution in [-0.2, 0) is 0 Å². The minimum atomic E-state index is 0.333. The number of rotatable bonds is 1. The van der Waals surface area contributed by atoms with Crippen LogP contribution in [0.4, 0.5) is 5.69 Å². The predicted molar refractivity (Wildman–Crippen MR) is 58.3 cm³/mol. The molecule has 0 atom stereocenters. The summed E-state index contributed by atoms with van der Waals surface area (Å²) in [4.78, 5) is 0. The van der Waals surface area contributed by atoms with E-state index in [1.807, 2.05) is 6.07 Å². The minimum absolute atomic E-state index is 0.333. The van der Waals surface area contributed by atoms with Gasteiger partial charge in [-0.2, -0.15) is 0 Å². The van der Waals surface area contributed by atoms with Crippen LogP contribution < -0.4 is 5.73 Å². The summed E-state index contributed by atoms with van der Waals surface area (Å²) in [7, 11) is 0. The number of phenolic OH excluding ortho intramolecular Hbond substituents is 1. The van der Waals surface area contributed by atoms with Crippen molar-refractivity contribution in [3.8, 4) is 5.75 Å². The van der Waals surface area contributed by atoms with Crippen LogP contribution in [-0.4, -0.2) is 5.11 Å². The molecule has 0 bridgehead atoms. The second kappa shape index (κ2) is 3.91. The summed E-state index contributed by atoms with van der Waals surface area (Å²) >= 11 is 0. The third kappa shape index (κ3) is 1.84. The van der Waals surface area contributed by atoms with E-state index in [1.54, 1.807) is 12.1 Å². The molecule has 3 N–H and O–H groups in total. The first kappa shape index (κ1) is 9.38. The molecule has 0 spiro atoms. The molecule has 0 unspecified atom stereocenters. The molecule has 1 aliphatic carbocycles. The van der Waals surface area contributed by atoms with Gasteiger partial charge >= 0.3 is 0 Å². The Labute approximate surface area is 84.7 Å². The summed E-state index contributed by atoms with van der Waals surface area (Å²) in [6, 6.07) is 5.28. The van der Waals surface area contributed by atoms with Gasteiger partial charge in [-0.15, -0.1) is 0 Å². The number of hydrogen-bond donors (Lipinski definition) is 2. The summed E-state index contributed by atoms with van der Waals surface area (Å²) in [5.74, 6) is 0.899. The lowest BCUT2D eigenvalue weighted by atomic mass is 9.83. The maximum Gasteiger partial charge on any atom is 0.116 e. The second-order valence-corrected chi connectivity index (χ2v) is 4.15. The zero-order valence-electron chi connectivity index (χ0n) is 8.37. The van der Waals surface area contributed by atoms with Crippen LogP contribution in [0.25, 0.3) is 0 Å². The number of phenols is 1. The Morgan fingerprint density at radius 3 is 2.57 bits per heavy atom. The summed E-state index contributed by atoms with van der Waals surface area (Å²) in [6.45, 7) is 0. The number of benzene rings is 1. The number of nitrogens with two attached hydrogens (primary N) is 1. The zero-order chi connectivity index (χ0) is 9.97. The molecular formula is C12H17NO. The molecule has 2 heteroatoms. The van der Waals surface area contributed by atoms with Gasteiger partial charge in [0.1, 0.15) is 5.75 Å². The SMILES string of the molecule is Nc1ccc(O)cc1C1CCCCC1. The average Bonchev–Trinajstić information content (AvgIpc) is 2.23. The molecule has 1 fully saturated rings. The number of nitrogen functional groups attached to an aromatic ring is 1. The Morgan fingerprint density at radius 1 is 1.14 bits per heavy atom. The highest BCUT2D eigenvalue weighted by Crippen LogP contribution is 2.36. The van der Waals surface area contributed by atoms with Gasteiger partial charge in [-0.25, -0.2) is 0 Å². The van der Waals surface area contributed by atoms with E-state index in [9.17, 15) is 5.11 Å². The van der Waals surface area contributed by atoms with Gasteiger partial charge in [-0.1, -0.05) is 19.3 Å². The van der Waals surface area contributed by atoms with Crippen molar-refractivity contribution in [3.63, 3.8) is 0 Å². The smallest absolute Gasteiger partial charge is 0.116 e. The largest absolute Gasteiger partial charge is 0.508 e. The van der Waals surface area contributed by atoms with Gasteiger partial charge in [0.15, 0.2) is 0 Å². The molecule has 1 aliphatic rings. The van der Waals surface area contributed by atoms with Crippen LogP contribution in [0.1, 0.15) is 43.6 Å². The Kier molecular flexibility index (Phi) is 2.62. The molecule has 1 saturated carbocycles. The number of anilines is 1. The van der Waals surface area contributed by atoms with Gasteiger partial charge < -0.3 is 10.8 Å². The summed E-state index contributed by atoms with van der Waals surface area (Å²) in [5, 5.41) is 9.41. The molecular weight excluding hydrogens is 174 g/mol. The molecule has 0 radical (unpaired) electrons. The fourth-order valence-corrected chi connectivity index (χ4v) is 2.33. The van der Waals surface area contributed by atoms with E-state index in [4.69, 9.17) is 5.73 Å². The van der Waals surface area contributed by atoms with Crippen molar-refractivity contribution in [2.24, 2.45) is 0 Å². The van der Waals surface area contributed by atoms with Crippen LogP contribution in [0.15, 0.2) is 18.2 Å². The molecule has 1 aromatic rings. The second-order valence-electron chi connectivity index (χ2n) is 4.15. The molecule has 0 aromatic heterocycles. The molecule has 1 aromatic carbocycles. The van der Waals surface area contributed by atoms with Crippen molar-refractivity contribution in [1.29, 1.82) is 0 Å². The first-order chi connectivity index (χ1) is 6.77. The monoisotopic (exact) mass is 191 g/mol. The van der Waals surface area contributed by atoms with E-state index in [2.05, 4.69) is 0 Å². The summed E-state index contributed by atoms with van der Waals surface area (Å²) in [5.41, 5.74) is 7.88. The van der Waals surface area contributed by atoms with E-state index in [0.717, 1.165) is 11.3 Å². The molecule has 14 heavy (non-hydrogen) atoms. The maximum atomic E-state index is 9.41. The van der Waals surface area contributed by atoms with Crippen LogP contribution in [0.3, 0.4) is 0 Å². The molecule has 2 nitrogen and oxygen atoms in total. The third-order valence-electron chi connectivity index (χ3n) is 3.12. The standard InChI is InChI=1S/C12H17NO/c13-12-7-6-10(14)8-11(12)9-4-2-1-3-5-9/h6-9,14H,1-5,13H2. The van der Waals surface area contributed by atoms with Gasteiger partial charge in [-0.05, 0) is 42.5 Å². The molecule has 0 saturated heterocycles. The average molecular weight is 191 g/mol. The molecule has 0 heterocycles. The third-order valence-corrected chi connectivity index (χ3v) is 3.12. The highest BCUT2D eigenvalue weighted by molar-refractivity contribution is 5.52. The molecule has 2 rings (SSSR count). The van der Waals surface area contributed by atoms with Gasteiger partial charge in [0.05, 0.1) is 0 Å². The van der Waals surface area contributed by atoms with E-state index in [0.29, 0.717) is 11.7 Å². The van der Waals surface area contributed by atoms with Gasteiger partial charge in [0.25, 0.3) is 0 Å². The van der Waals surface area contributed by atoms with Crippen LogP contribution in [0.5, 0.6) is 5.75 Å². The summed E-state index contributed by atoms with van der Waals surface area (Å²) in [6.07, 6.45) is 6.36. The van der Waals surface area contributed by atoms with E-state index >= 15 is 0 Å². The van der Waals surface area contributed by atoms with Crippen molar-refractivity contribution < 1.29 is 5.11 Å². The quantitative estimate of drug-likeness (QED) is 0.529. The maximum absolute atomic E-state index is 9.41. The Balaban J connectivity index is 2.24. The van der Waals surface area contributed by atoms with Gasteiger partial charge in [0, 0.05) is 5.69 Å². The predicted octanol–water partition coefficient (Wildman–Crippen LogP) is 3.02. The lowest BCUT2D eigenvalue weighted by molar-refractivity contribution is 0.439. The topological polar surface area (TPSA) is 46.2 Å². The van der Waals surface area contributed by atoms with Crippen LogP contribution >= 0.6 is 0 Å². The van der Waals surface area contributed by atoms with E-state index in [1.165, 1.54) is 32.1 Å². The fraction of sp³-hybridized carbons (Fsp3) is 0.500. The highest BCUT2D eigenvalue weighted by Gasteiger charge is 2.17. The molecule has 0 amide bonds.